The van der Waals surface area contributed by atoms with E-state index in [1.54, 1.807) is 0 Å². The van der Waals surface area contributed by atoms with Crippen LogP contribution < -0.4 is 21.7 Å². The van der Waals surface area contributed by atoms with Gasteiger partial charge in [-0.2, -0.15) is 4.57 Å². The number of halogens is 1. The average Bonchev–Trinajstić information content (AvgIpc) is 2.64. The molecule has 0 fully saturated rings. The van der Waals surface area contributed by atoms with Crippen LogP contribution in [0.1, 0.15) is 70.3 Å². The Morgan fingerprint density at radius 3 is 2.31 bits per heavy atom. The van der Waals surface area contributed by atoms with Gasteiger partial charge >= 0.3 is 0 Å². The molecule has 29 heavy (non-hydrogen) atoms. The second-order valence-corrected chi connectivity index (χ2v) is 8.55. The van der Waals surface area contributed by atoms with Gasteiger partial charge in [-0.3, -0.25) is 0 Å². The maximum absolute atomic E-state index is 6.54. The Labute approximate surface area is 180 Å². The zero-order chi connectivity index (χ0) is 20.1. The third-order valence-corrected chi connectivity index (χ3v) is 6.22. The van der Waals surface area contributed by atoms with E-state index in [2.05, 4.69) is 88.7 Å². The molecule has 3 heterocycles. The zero-order valence-corrected chi connectivity index (χ0v) is 19.0. The minimum atomic E-state index is -0.744. The number of fused-ring (bicyclic) bond motifs is 1. The lowest BCUT2D eigenvalue weighted by Gasteiger charge is -2.57. The van der Waals surface area contributed by atoms with E-state index in [1.807, 2.05) is 0 Å². The summed E-state index contributed by atoms with van der Waals surface area (Å²) < 4.78 is 21.8. The Bertz CT molecular complexity index is 874. The van der Waals surface area contributed by atoms with Gasteiger partial charge in [-0.1, -0.05) is 18.2 Å². The first-order valence-corrected chi connectivity index (χ1v) is 10.5. The van der Waals surface area contributed by atoms with Crippen molar-refractivity contribution in [3.05, 3.63) is 59.4 Å². The van der Waals surface area contributed by atoms with Crippen molar-refractivity contribution in [2.75, 3.05) is 13.2 Å². The van der Waals surface area contributed by atoms with Crippen molar-refractivity contribution in [1.29, 1.82) is 0 Å². The van der Waals surface area contributed by atoms with Crippen LogP contribution in [0.25, 0.3) is 0 Å². The van der Waals surface area contributed by atoms with Gasteiger partial charge < -0.3 is 26.6 Å². The monoisotopic (exact) mass is 417 g/mol. The summed E-state index contributed by atoms with van der Waals surface area (Å²) in [6, 6.07) is 13.0. The molecule has 4 nitrogen and oxygen atoms in total. The number of ether oxygens (including phenoxy) is 3. The molecule has 1 aliphatic carbocycles. The molecule has 5 rings (SSSR count). The van der Waals surface area contributed by atoms with Crippen molar-refractivity contribution in [3.8, 4) is 5.75 Å². The van der Waals surface area contributed by atoms with E-state index in [0.717, 1.165) is 5.75 Å². The molecule has 1 aromatic carbocycles. The number of hydrogen-bond donors (Lipinski definition) is 0. The molecule has 158 valence electrons. The summed E-state index contributed by atoms with van der Waals surface area (Å²) in [5, 5.41) is 0. The van der Waals surface area contributed by atoms with Crippen molar-refractivity contribution < 1.29 is 31.2 Å². The fourth-order valence-electron chi connectivity index (χ4n) is 5.40. The van der Waals surface area contributed by atoms with E-state index in [-0.39, 0.29) is 35.9 Å². The number of aromatic nitrogens is 1. The maximum Gasteiger partial charge on any atom is 0.197 e. The quantitative estimate of drug-likeness (QED) is 0.528. The summed E-state index contributed by atoms with van der Waals surface area (Å²) in [5.41, 5.74) is 3.49. The smallest absolute Gasteiger partial charge is 0.197 e. The highest BCUT2D eigenvalue weighted by molar-refractivity contribution is 5.53. The SMILES string of the molecule is CCOC1(OCC)[C@H]2c3c(OC(C)C)cccc3[C@H]([n+]3ccccc32)C1(C)C.[Cl-]. The minimum Gasteiger partial charge on any atom is -1.00 e. The number of hydrogen-bond acceptors (Lipinski definition) is 3. The molecule has 0 unspecified atom stereocenters. The summed E-state index contributed by atoms with van der Waals surface area (Å²) in [7, 11) is 0. The van der Waals surface area contributed by atoms with E-state index in [0.29, 0.717) is 13.2 Å². The Morgan fingerprint density at radius 2 is 1.69 bits per heavy atom. The molecule has 0 amide bonds. The van der Waals surface area contributed by atoms with Crippen LogP contribution in [0, 0.1) is 5.41 Å². The van der Waals surface area contributed by atoms with E-state index < -0.39 is 5.79 Å². The molecule has 2 atom stereocenters. The summed E-state index contributed by atoms with van der Waals surface area (Å²) in [6.07, 6.45) is 2.30. The predicted molar refractivity (Wildman–Crippen MR) is 109 cm³/mol. The lowest BCUT2D eigenvalue weighted by Crippen LogP contribution is -3.00. The van der Waals surface area contributed by atoms with E-state index in [4.69, 9.17) is 14.2 Å². The fourth-order valence-corrected chi connectivity index (χ4v) is 5.40. The Balaban J connectivity index is 0.00000240. The lowest BCUT2D eigenvalue weighted by atomic mass is 9.57. The number of benzene rings is 1. The van der Waals surface area contributed by atoms with Crippen molar-refractivity contribution in [1.82, 2.24) is 0 Å². The second-order valence-electron chi connectivity index (χ2n) is 8.55. The van der Waals surface area contributed by atoms with Crippen LogP contribution in [-0.4, -0.2) is 25.1 Å². The third-order valence-electron chi connectivity index (χ3n) is 6.22. The molecular weight excluding hydrogens is 386 g/mol. The fraction of sp³-hybridized carbons (Fsp3) is 0.542. The Morgan fingerprint density at radius 1 is 1.00 bits per heavy atom. The highest BCUT2D eigenvalue weighted by atomic mass is 35.5. The molecule has 0 saturated heterocycles. The molecule has 0 N–H and O–H groups in total. The highest BCUT2D eigenvalue weighted by Gasteiger charge is 2.71. The highest BCUT2D eigenvalue weighted by Crippen LogP contribution is 2.63. The van der Waals surface area contributed by atoms with Gasteiger partial charge in [0, 0.05) is 36.5 Å². The molecule has 5 heteroatoms. The molecule has 0 saturated carbocycles. The second kappa shape index (κ2) is 7.90. The number of nitrogens with zero attached hydrogens (tertiary/aromatic N) is 1. The Kier molecular flexibility index (Phi) is 6.01. The first kappa shape index (κ1) is 22.1. The van der Waals surface area contributed by atoms with Crippen LogP contribution in [0.15, 0.2) is 42.6 Å². The van der Waals surface area contributed by atoms with Gasteiger partial charge in [0.05, 0.1) is 11.5 Å². The maximum atomic E-state index is 6.54. The summed E-state index contributed by atoms with van der Waals surface area (Å²) in [5.74, 6) is 0.141. The molecule has 0 radical (unpaired) electrons. The van der Waals surface area contributed by atoms with Crippen molar-refractivity contribution in [2.45, 2.75) is 65.4 Å². The molecule has 2 bridgehead atoms. The van der Waals surface area contributed by atoms with Crippen molar-refractivity contribution in [2.24, 2.45) is 5.41 Å². The minimum absolute atomic E-state index is 0. The standard InChI is InChI=1S/C24H32NO3.ClH/c1-7-26-24(27-8-2)21-18-13-9-10-15-25(18)22(23(24,5)6)17-12-11-14-19(20(17)21)28-16(3)4;/h9-16,21-22H,7-8H2,1-6H3;1H/q+1;/p-1/t21-,22+;/m1./s1. The van der Waals surface area contributed by atoms with Crippen LogP contribution in [0.4, 0.5) is 0 Å². The van der Waals surface area contributed by atoms with Crippen LogP contribution in [0.5, 0.6) is 5.75 Å². The van der Waals surface area contributed by atoms with Crippen molar-refractivity contribution in [3.63, 3.8) is 0 Å². The average molecular weight is 418 g/mol. The predicted octanol–water partition coefficient (Wildman–Crippen LogP) is 1.61. The zero-order valence-electron chi connectivity index (χ0n) is 18.2. The van der Waals surface area contributed by atoms with Gasteiger partial charge in [0.15, 0.2) is 23.7 Å². The molecular formula is C24H32ClNO3. The van der Waals surface area contributed by atoms with Gasteiger partial charge in [-0.15, -0.1) is 0 Å². The molecule has 2 aliphatic heterocycles. The van der Waals surface area contributed by atoms with E-state index in [1.165, 1.54) is 16.8 Å². The number of pyridine rings is 1. The summed E-state index contributed by atoms with van der Waals surface area (Å²) in [6.45, 7) is 14.0. The van der Waals surface area contributed by atoms with E-state index >= 15 is 0 Å². The topological polar surface area (TPSA) is 31.6 Å². The van der Waals surface area contributed by atoms with E-state index in [9.17, 15) is 0 Å². The van der Waals surface area contributed by atoms with Crippen LogP contribution in [-0.2, 0) is 9.47 Å². The van der Waals surface area contributed by atoms with Crippen LogP contribution in [0.2, 0.25) is 0 Å². The summed E-state index contributed by atoms with van der Waals surface area (Å²) in [4.78, 5) is 0. The first-order valence-electron chi connectivity index (χ1n) is 10.5. The lowest BCUT2D eigenvalue weighted by molar-refractivity contribution is -0.755. The van der Waals surface area contributed by atoms with Crippen LogP contribution in [0.3, 0.4) is 0 Å². The van der Waals surface area contributed by atoms with Gasteiger partial charge in [0.25, 0.3) is 0 Å². The van der Waals surface area contributed by atoms with Gasteiger partial charge in [-0.25, -0.2) is 0 Å². The van der Waals surface area contributed by atoms with Gasteiger partial charge in [0.2, 0.25) is 0 Å². The van der Waals surface area contributed by atoms with Crippen LogP contribution >= 0.6 is 0 Å². The van der Waals surface area contributed by atoms with Crippen molar-refractivity contribution >= 4 is 0 Å². The molecule has 1 aromatic heterocycles. The van der Waals surface area contributed by atoms with Gasteiger partial charge in [-0.05, 0) is 47.6 Å². The number of rotatable bonds is 6. The summed E-state index contributed by atoms with van der Waals surface area (Å²) >= 11 is 0. The molecule has 3 aliphatic rings. The normalized spacial score (nSPS) is 22.6. The molecule has 2 aromatic rings. The molecule has 0 spiro atoms. The van der Waals surface area contributed by atoms with Gasteiger partial charge in [0.1, 0.15) is 11.7 Å². The Hall–Kier alpha value is -1.62. The largest absolute Gasteiger partial charge is 1.00 e. The first-order chi connectivity index (χ1) is 13.4. The third kappa shape index (κ3) is 2.99.